The molecular formula is C25H27N5O3S. The van der Waals surface area contributed by atoms with Crippen molar-refractivity contribution in [2.75, 3.05) is 12.4 Å². The molecule has 2 aromatic carbocycles. The van der Waals surface area contributed by atoms with Gasteiger partial charge in [-0.1, -0.05) is 61.9 Å². The predicted octanol–water partition coefficient (Wildman–Crippen LogP) is 3.97. The first kappa shape index (κ1) is 22.5. The molecule has 0 aliphatic carbocycles. The molecule has 5 rings (SSSR count). The Kier molecular flexibility index (Phi) is 6.53. The molecule has 1 atom stereocenters. The molecule has 1 N–H and O–H groups in total. The van der Waals surface area contributed by atoms with Crippen molar-refractivity contribution in [3.8, 4) is 5.75 Å². The fourth-order valence-electron chi connectivity index (χ4n) is 4.41. The second kappa shape index (κ2) is 9.89. The number of ether oxygens (including phenoxy) is 1. The molecule has 1 unspecified atom stereocenters. The number of thioether (sulfide) groups is 1. The first-order valence-electron chi connectivity index (χ1n) is 11.7. The molecule has 0 saturated heterocycles. The maximum absolute atomic E-state index is 13.1. The summed E-state index contributed by atoms with van der Waals surface area (Å²) in [6.45, 7) is 3.30. The van der Waals surface area contributed by atoms with E-state index < -0.39 is 0 Å². The van der Waals surface area contributed by atoms with Crippen LogP contribution in [0.15, 0.2) is 58.5 Å². The first-order chi connectivity index (χ1) is 16.7. The van der Waals surface area contributed by atoms with Gasteiger partial charge in [-0.15, -0.1) is 10.2 Å². The van der Waals surface area contributed by atoms with Crippen LogP contribution in [0, 0.1) is 0 Å². The Morgan fingerprint density at radius 1 is 1.15 bits per heavy atom. The number of aryl methyl sites for hydroxylation is 1. The molecule has 8 nitrogen and oxygen atoms in total. The standard InChI is InChI=1S/C25H27N5O3S/c1-2-3-8-14-29-23(32)18-10-4-6-11-20(18)30-24(29)27-28-25(30)34-16-22(31)26-19-13-15-33-21-12-7-5-9-17(19)21/h4-7,9-12,19H,2-3,8,13-16H2,1H3,(H,26,31). The lowest BCUT2D eigenvalue weighted by molar-refractivity contribution is -0.119. The summed E-state index contributed by atoms with van der Waals surface area (Å²) in [5.74, 6) is 1.46. The van der Waals surface area contributed by atoms with Crippen molar-refractivity contribution in [3.63, 3.8) is 0 Å². The van der Waals surface area contributed by atoms with Gasteiger partial charge in [0.15, 0.2) is 5.16 Å². The molecule has 0 spiro atoms. The molecule has 1 amide bonds. The zero-order chi connectivity index (χ0) is 23.5. The number of nitrogens with one attached hydrogen (secondary N) is 1. The highest BCUT2D eigenvalue weighted by Gasteiger charge is 2.23. The van der Waals surface area contributed by atoms with Crippen LogP contribution in [0.1, 0.15) is 44.2 Å². The number of hydrogen-bond donors (Lipinski definition) is 1. The van der Waals surface area contributed by atoms with Crippen molar-refractivity contribution in [2.24, 2.45) is 0 Å². The summed E-state index contributed by atoms with van der Waals surface area (Å²) < 4.78 is 9.29. The molecule has 2 aromatic heterocycles. The largest absolute Gasteiger partial charge is 0.493 e. The molecule has 0 radical (unpaired) electrons. The van der Waals surface area contributed by atoms with Crippen LogP contribution in [-0.4, -0.2) is 37.4 Å². The Hall–Kier alpha value is -3.33. The van der Waals surface area contributed by atoms with E-state index in [4.69, 9.17) is 4.74 Å². The SMILES string of the molecule is CCCCCn1c(=O)c2ccccc2n2c(SCC(=O)NC3CCOc4ccccc43)nnc12. The van der Waals surface area contributed by atoms with Gasteiger partial charge >= 0.3 is 0 Å². The van der Waals surface area contributed by atoms with Crippen LogP contribution in [0.25, 0.3) is 16.7 Å². The van der Waals surface area contributed by atoms with Gasteiger partial charge in [0.2, 0.25) is 11.7 Å². The van der Waals surface area contributed by atoms with E-state index in [0.29, 0.717) is 29.5 Å². The number of para-hydroxylation sites is 2. The third-order valence-electron chi connectivity index (χ3n) is 6.09. The highest BCUT2D eigenvalue weighted by atomic mass is 32.2. The third kappa shape index (κ3) is 4.27. The molecule has 1 aliphatic rings. The van der Waals surface area contributed by atoms with Crippen LogP contribution in [-0.2, 0) is 11.3 Å². The minimum Gasteiger partial charge on any atom is -0.493 e. The first-order valence-corrected chi connectivity index (χ1v) is 12.7. The average Bonchev–Trinajstić information content (AvgIpc) is 3.29. The molecule has 9 heteroatoms. The predicted molar refractivity (Wildman–Crippen MR) is 132 cm³/mol. The second-order valence-corrected chi connectivity index (χ2v) is 9.33. The lowest BCUT2D eigenvalue weighted by Crippen LogP contribution is -2.33. The Labute approximate surface area is 201 Å². The van der Waals surface area contributed by atoms with Crippen LogP contribution in [0.4, 0.5) is 0 Å². The van der Waals surface area contributed by atoms with Crippen LogP contribution < -0.4 is 15.6 Å². The summed E-state index contributed by atoms with van der Waals surface area (Å²) in [4.78, 5) is 26.0. The molecule has 3 heterocycles. The minimum atomic E-state index is -0.0796. The van der Waals surface area contributed by atoms with Gasteiger partial charge in [-0.2, -0.15) is 0 Å². The molecule has 0 saturated carbocycles. The number of fused-ring (bicyclic) bond motifs is 4. The average molecular weight is 478 g/mol. The lowest BCUT2D eigenvalue weighted by Gasteiger charge is -2.26. The fourth-order valence-corrected chi connectivity index (χ4v) is 5.16. The Balaban J connectivity index is 1.39. The molecule has 0 bridgehead atoms. The van der Waals surface area contributed by atoms with E-state index >= 15 is 0 Å². The number of unbranched alkanes of at least 4 members (excludes halogenated alkanes) is 2. The van der Waals surface area contributed by atoms with Gasteiger partial charge in [0.1, 0.15) is 5.75 Å². The lowest BCUT2D eigenvalue weighted by atomic mass is 10.0. The number of hydrogen-bond acceptors (Lipinski definition) is 6. The van der Waals surface area contributed by atoms with Crippen LogP contribution in [0.2, 0.25) is 0 Å². The van der Waals surface area contributed by atoms with E-state index in [9.17, 15) is 9.59 Å². The molecule has 34 heavy (non-hydrogen) atoms. The molecular weight excluding hydrogens is 450 g/mol. The van der Waals surface area contributed by atoms with Crippen LogP contribution >= 0.6 is 11.8 Å². The van der Waals surface area contributed by atoms with E-state index in [-0.39, 0.29) is 23.3 Å². The van der Waals surface area contributed by atoms with Gasteiger partial charge in [0, 0.05) is 18.5 Å². The number of nitrogens with zero attached hydrogens (tertiary/aromatic N) is 4. The summed E-state index contributed by atoms with van der Waals surface area (Å²) >= 11 is 1.32. The maximum Gasteiger partial charge on any atom is 0.262 e. The third-order valence-corrected chi connectivity index (χ3v) is 7.02. The number of rotatable bonds is 8. The molecule has 176 valence electrons. The van der Waals surface area contributed by atoms with Crippen molar-refractivity contribution in [3.05, 3.63) is 64.4 Å². The van der Waals surface area contributed by atoms with E-state index in [2.05, 4.69) is 22.4 Å². The van der Waals surface area contributed by atoms with Crippen molar-refractivity contribution in [1.82, 2.24) is 24.5 Å². The second-order valence-electron chi connectivity index (χ2n) is 8.38. The van der Waals surface area contributed by atoms with Gasteiger partial charge in [0.25, 0.3) is 5.56 Å². The highest BCUT2D eigenvalue weighted by Crippen LogP contribution is 2.31. The van der Waals surface area contributed by atoms with Crippen molar-refractivity contribution in [2.45, 2.75) is 50.4 Å². The quantitative estimate of drug-likeness (QED) is 0.305. The number of benzene rings is 2. The van der Waals surface area contributed by atoms with Gasteiger partial charge in [-0.05, 0) is 24.6 Å². The zero-order valence-corrected chi connectivity index (χ0v) is 19.9. The van der Waals surface area contributed by atoms with Crippen LogP contribution in [0.3, 0.4) is 0 Å². The van der Waals surface area contributed by atoms with Gasteiger partial charge < -0.3 is 10.1 Å². The Morgan fingerprint density at radius 2 is 1.97 bits per heavy atom. The fraction of sp³-hybridized carbons (Fsp3) is 0.360. The maximum atomic E-state index is 13.1. The smallest absolute Gasteiger partial charge is 0.262 e. The number of amides is 1. The van der Waals surface area contributed by atoms with Crippen molar-refractivity contribution >= 4 is 34.3 Å². The van der Waals surface area contributed by atoms with Gasteiger partial charge in [0.05, 0.1) is 29.3 Å². The molecule has 0 fully saturated rings. The number of carbonyl (C=O) groups excluding carboxylic acids is 1. The van der Waals surface area contributed by atoms with Gasteiger partial charge in [-0.3, -0.25) is 18.6 Å². The molecule has 1 aliphatic heterocycles. The summed E-state index contributed by atoms with van der Waals surface area (Å²) in [6.07, 6.45) is 3.74. The summed E-state index contributed by atoms with van der Waals surface area (Å²) in [5.41, 5.74) is 1.70. The van der Waals surface area contributed by atoms with Crippen LogP contribution in [0.5, 0.6) is 5.75 Å². The summed E-state index contributed by atoms with van der Waals surface area (Å²) in [7, 11) is 0. The van der Waals surface area contributed by atoms with E-state index in [1.165, 1.54) is 11.8 Å². The number of carbonyl (C=O) groups is 1. The highest BCUT2D eigenvalue weighted by molar-refractivity contribution is 7.99. The van der Waals surface area contributed by atoms with Gasteiger partial charge in [-0.25, -0.2) is 0 Å². The molecule has 4 aromatic rings. The Bertz CT molecular complexity index is 1400. The Morgan fingerprint density at radius 3 is 2.85 bits per heavy atom. The minimum absolute atomic E-state index is 0.0564. The van der Waals surface area contributed by atoms with E-state index in [0.717, 1.165) is 42.5 Å². The van der Waals surface area contributed by atoms with E-state index in [1.807, 2.05) is 52.9 Å². The van der Waals surface area contributed by atoms with Crippen molar-refractivity contribution < 1.29 is 9.53 Å². The summed E-state index contributed by atoms with van der Waals surface area (Å²) in [6, 6.07) is 15.2. The summed E-state index contributed by atoms with van der Waals surface area (Å²) in [5, 5.41) is 13.0. The monoisotopic (exact) mass is 477 g/mol. The normalized spacial score (nSPS) is 15.3. The zero-order valence-electron chi connectivity index (χ0n) is 19.1. The topological polar surface area (TPSA) is 90.5 Å². The van der Waals surface area contributed by atoms with E-state index in [1.54, 1.807) is 4.57 Å². The number of aromatic nitrogens is 4. The van der Waals surface area contributed by atoms with Crippen molar-refractivity contribution in [1.29, 1.82) is 0 Å².